The number of piperidine rings is 1. The lowest BCUT2D eigenvalue weighted by molar-refractivity contribution is -0.135. The molecule has 0 bridgehead atoms. The minimum atomic E-state index is -3.68. The van der Waals surface area contributed by atoms with Crippen LogP contribution in [0.25, 0.3) is 0 Å². The molecule has 0 spiro atoms. The van der Waals surface area contributed by atoms with Crippen molar-refractivity contribution in [3.8, 4) is 5.75 Å². The van der Waals surface area contributed by atoms with Gasteiger partial charge in [-0.15, -0.1) is 0 Å². The first-order valence-electron chi connectivity index (χ1n) is 9.66. The van der Waals surface area contributed by atoms with E-state index in [1.165, 1.54) is 16.4 Å². The number of carbonyl (C=O) groups is 1. The number of carbonyl (C=O) groups excluding carboxylic acids is 1. The van der Waals surface area contributed by atoms with Gasteiger partial charge in [-0.05, 0) is 61.4 Å². The summed E-state index contributed by atoms with van der Waals surface area (Å²) in [6, 6.07) is 11.8. The van der Waals surface area contributed by atoms with Crippen LogP contribution in [-0.4, -0.2) is 56.8 Å². The van der Waals surface area contributed by atoms with Crippen LogP contribution in [0.3, 0.4) is 0 Å². The highest BCUT2D eigenvalue weighted by atomic mass is 35.5. The van der Waals surface area contributed by atoms with Crippen molar-refractivity contribution in [3.63, 3.8) is 0 Å². The number of benzene rings is 2. The number of amides is 1. The van der Waals surface area contributed by atoms with Crippen LogP contribution in [0.5, 0.6) is 5.75 Å². The molecule has 162 valence electrons. The van der Waals surface area contributed by atoms with E-state index in [2.05, 4.69) is 0 Å². The SMILES string of the molecule is CN(CCOc1ccc(Cl)cc1)C(=O)C1CCN(S(=O)(=O)c2ccc(F)cc2)CC1. The Labute approximate surface area is 181 Å². The predicted molar refractivity (Wildman–Crippen MR) is 112 cm³/mol. The Morgan fingerprint density at radius 1 is 1.13 bits per heavy atom. The second kappa shape index (κ2) is 9.76. The summed E-state index contributed by atoms with van der Waals surface area (Å²) in [5.41, 5.74) is 0. The lowest BCUT2D eigenvalue weighted by Gasteiger charge is -2.32. The fraction of sp³-hybridized carbons (Fsp3) is 0.381. The average molecular weight is 455 g/mol. The standard InChI is InChI=1S/C21H24ClFN2O4S/c1-24(14-15-29-19-6-2-17(22)3-7-19)21(26)16-10-12-25(13-11-16)30(27,28)20-8-4-18(23)5-9-20/h2-9,16H,10-15H2,1H3. The molecule has 2 aromatic carbocycles. The third-order valence-corrected chi connectivity index (χ3v) is 7.30. The summed E-state index contributed by atoms with van der Waals surface area (Å²) in [6.45, 7) is 1.29. The van der Waals surface area contributed by atoms with Crippen molar-refractivity contribution in [2.75, 3.05) is 33.3 Å². The molecule has 0 radical (unpaired) electrons. The number of likely N-dealkylation sites (N-methyl/N-ethyl adjacent to an activating group) is 1. The Hall–Kier alpha value is -2.16. The number of hydrogen-bond acceptors (Lipinski definition) is 4. The normalized spacial score (nSPS) is 15.7. The maximum atomic E-state index is 13.1. The number of nitrogens with zero attached hydrogens (tertiary/aromatic N) is 2. The van der Waals surface area contributed by atoms with Gasteiger partial charge in [-0.2, -0.15) is 4.31 Å². The molecule has 9 heteroatoms. The van der Waals surface area contributed by atoms with Gasteiger partial charge in [0, 0.05) is 31.1 Å². The summed E-state index contributed by atoms with van der Waals surface area (Å²) < 4.78 is 45.4. The van der Waals surface area contributed by atoms with Gasteiger partial charge in [0.25, 0.3) is 0 Å². The zero-order valence-corrected chi connectivity index (χ0v) is 18.2. The highest BCUT2D eigenvalue weighted by Gasteiger charge is 2.33. The smallest absolute Gasteiger partial charge is 0.243 e. The zero-order valence-electron chi connectivity index (χ0n) is 16.6. The molecule has 0 N–H and O–H groups in total. The largest absolute Gasteiger partial charge is 0.492 e. The lowest BCUT2D eigenvalue weighted by atomic mass is 9.97. The van der Waals surface area contributed by atoms with Crippen molar-refractivity contribution < 1.29 is 22.3 Å². The van der Waals surface area contributed by atoms with Crippen molar-refractivity contribution in [1.29, 1.82) is 0 Å². The zero-order chi connectivity index (χ0) is 21.7. The maximum Gasteiger partial charge on any atom is 0.243 e. The molecule has 3 rings (SSSR count). The number of halogens is 2. The van der Waals surface area contributed by atoms with Crippen LogP contribution in [-0.2, 0) is 14.8 Å². The van der Waals surface area contributed by atoms with Gasteiger partial charge in [0.1, 0.15) is 18.2 Å². The minimum absolute atomic E-state index is 0.0199. The van der Waals surface area contributed by atoms with Gasteiger partial charge in [-0.25, -0.2) is 12.8 Å². The number of hydrogen-bond donors (Lipinski definition) is 0. The van der Waals surface area contributed by atoms with E-state index in [0.717, 1.165) is 12.1 Å². The fourth-order valence-corrected chi connectivity index (χ4v) is 4.95. The quantitative estimate of drug-likeness (QED) is 0.643. The Morgan fingerprint density at radius 2 is 1.73 bits per heavy atom. The number of rotatable bonds is 7. The first-order valence-corrected chi connectivity index (χ1v) is 11.5. The van der Waals surface area contributed by atoms with Crippen molar-refractivity contribution in [2.24, 2.45) is 5.92 Å². The molecule has 1 fully saturated rings. The molecular weight excluding hydrogens is 431 g/mol. The highest BCUT2D eigenvalue weighted by molar-refractivity contribution is 7.89. The van der Waals surface area contributed by atoms with E-state index in [-0.39, 0.29) is 29.8 Å². The third-order valence-electron chi connectivity index (χ3n) is 5.14. The summed E-state index contributed by atoms with van der Waals surface area (Å²) in [5.74, 6) is -0.0559. The van der Waals surface area contributed by atoms with Crippen molar-refractivity contribution >= 4 is 27.5 Å². The van der Waals surface area contributed by atoms with Crippen LogP contribution in [0.4, 0.5) is 4.39 Å². The molecule has 6 nitrogen and oxygen atoms in total. The highest BCUT2D eigenvalue weighted by Crippen LogP contribution is 2.25. The summed E-state index contributed by atoms with van der Waals surface area (Å²) in [7, 11) is -1.97. The summed E-state index contributed by atoms with van der Waals surface area (Å²) in [4.78, 5) is 14.4. The van der Waals surface area contributed by atoms with E-state index in [1.807, 2.05) is 0 Å². The molecule has 0 aromatic heterocycles. The van der Waals surface area contributed by atoms with Crippen molar-refractivity contribution in [2.45, 2.75) is 17.7 Å². The molecule has 30 heavy (non-hydrogen) atoms. The molecule has 0 unspecified atom stereocenters. The summed E-state index contributed by atoms with van der Waals surface area (Å²) in [5, 5.41) is 0.627. The van der Waals surface area contributed by atoms with Gasteiger partial charge < -0.3 is 9.64 Å². The van der Waals surface area contributed by atoms with Crippen LogP contribution in [0.2, 0.25) is 5.02 Å². The minimum Gasteiger partial charge on any atom is -0.492 e. The van der Waals surface area contributed by atoms with Gasteiger partial charge in [0.2, 0.25) is 15.9 Å². The van der Waals surface area contributed by atoms with Gasteiger partial charge in [0.15, 0.2) is 0 Å². The van der Waals surface area contributed by atoms with E-state index < -0.39 is 15.8 Å². The first-order chi connectivity index (χ1) is 14.3. The Kier molecular flexibility index (Phi) is 7.33. The first kappa shape index (κ1) is 22.5. The second-order valence-electron chi connectivity index (χ2n) is 7.19. The van der Waals surface area contributed by atoms with Crippen LogP contribution in [0, 0.1) is 11.7 Å². The summed E-state index contributed by atoms with van der Waals surface area (Å²) in [6.07, 6.45) is 0.892. The van der Waals surface area contributed by atoms with E-state index in [9.17, 15) is 17.6 Å². The molecule has 1 amide bonds. The lowest BCUT2D eigenvalue weighted by Crippen LogP contribution is -2.44. The van der Waals surface area contributed by atoms with Gasteiger partial charge >= 0.3 is 0 Å². The number of sulfonamides is 1. The second-order valence-corrected chi connectivity index (χ2v) is 9.57. The maximum absolute atomic E-state index is 13.1. The van der Waals surface area contributed by atoms with E-state index in [4.69, 9.17) is 16.3 Å². The van der Waals surface area contributed by atoms with Crippen LogP contribution in [0.1, 0.15) is 12.8 Å². The van der Waals surface area contributed by atoms with Gasteiger partial charge in [-0.1, -0.05) is 11.6 Å². The molecule has 1 saturated heterocycles. The average Bonchev–Trinajstić information content (AvgIpc) is 2.75. The third kappa shape index (κ3) is 5.50. The topological polar surface area (TPSA) is 66.9 Å². The molecule has 0 atom stereocenters. The van der Waals surface area contributed by atoms with Crippen LogP contribution >= 0.6 is 11.6 Å². The van der Waals surface area contributed by atoms with Crippen LogP contribution in [0.15, 0.2) is 53.4 Å². The Bertz CT molecular complexity index is 960. The molecule has 2 aromatic rings. The van der Waals surface area contributed by atoms with Gasteiger partial charge in [0.05, 0.1) is 11.4 Å². The van der Waals surface area contributed by atoms with E-state index in [0.29, 0.717) is 36.8 Å². The Balaban J connectivity index is 1.48. The van der Waals surface area contributed by atoms with Gasteiger partial charge in [-0.3, -0.25) is 4.79 Å². The number of ether oxygens (including phenoxy) is 1. The Morgan fingerprint density at radius 3 is 2.33 bits per heavy atom. The molecule has 1 aliphatic rings. The summed E-state index contributed by atoms with van der Waals surface area (Å²) >= 11 is 5.84. The van der Waals surface area contributed by atoms with Crippen LogP contribution < -0.4 is 4.74 Å². The van der Waals surface area contributed by atoms with Crippen molar-refractivity contribution in [3.05, 3.63) is 59.4 Å². The molecule has 0 saturated carbocycles. The molecule has 0 aliphatic carbocycles. The van der Waals surface area contributed by atoms with Crippen molar-refractivity contribution in [1.82, 2.24) is 9.21 Å². The molecule has 1 heterocycles. The fourth-order valence-electron chi connectivity index (χ4n) is 3.35. The van der Waals surface area contributed by atoms with E-state index >= 15 is 0 Å². The molecule has 1 aliphatic heterocycles. The molecular formula is C21H24ClFN2O4S. The monoisotopic (exact) mass is 454 g/mol. The predicted octanol–water partition coefficient (Wildman–Crippen LogP) is 3.42. The van der Waals surface area contributed by atoms with E-state index in [1.54, 1.807) is 36.2 Å².